The molecule has 3 aromatic rings. The first-order valence-electron chi connectivity index (χ1n) is 12.2. The zero-order valence-electron chi connectivity index (χ0n) is 21.2. The van der Waals surface area contributed by atoms with Crippen molar-refractivity contribution in [1.29, 1.82) is 0 Å². The second-order valence-corrected chi connectivity index (χ2v) is 10.2. The van der Waals surface area contributed by atoms with Crippen LogP contribution in [0.15, 0.2) is 48.5 Å². The molecule has 0 bridgehead atoms. The minimum absolute atomic E-state index is 0.0254. The van der Waals surface area contributed by atoms with Crippen LogP contribution in [-0.4, -0.2) is 46.1 Å². The quantitative estimate of drug-likeness (QED) is 0.484. The molecule has 2 amide bonds. The summed E-state index contributed by atoms with van der Waals surface area (Å²) in [7, 11) is 0. The lowest BCUT2D eigenvalue weighted by Crippen LogP contribution is -2.48. The number of hydrogen-bond donors (Lipinski definition) is 3. The van der Waals surface area contributed by atoms with Gasteiger partial charge in [0.15, 0.2) is 11.5 Å². The average molecular weight is 488 g/mol. The topological polar surface area (TPSA) is 126 Å². The predicted molar refractivity (Wildman–Crippen MR) is 141 cm³/mol. The van der Waals surface area contributed by atoms with Crippen LogP contribution >= 0.6 is 0 Å². The molecule has 0 unspecified atom stereocenters. The number of para-hydroxylation sites is 1. The summed E-state index contributed by atoms with van der Waals surface area (Å²) in [5, 5.41) is 14.5. The van der Waals surface area contributed by atoms with Gasteiger partial charge in [0, 0.05) is 30.4 Å². The van der Waals surface area contributed by atoms with Crippen molar-refractivity contribution in [2.75, 3.05) is 23.3 Å². The third-order valence-corrected chi connectivity index (χ3v) is 6.36. The summed E-state index contributed by atoms with van der Waals surface area (Å²) in [5.74, 6) is -0.178. The van der Waals surface area contributed by atoms with E-state index in [1.54, 1.807) is 0 Å². The van der Waals surface area contributed by atoms with Gasteiger partial charge < -0.3 is 21.3 Å². The van der Waals surface area contributed by atoms with Gasteiger partial charge in [-0.2, -0.15) is 4.98 Å². The number of benzene rings is 2. The van der Waals surface area contributed by atoms with E-state index in [-0.39, 0.29) is 28.9 Å². The van der Waals surface area contributed by atoms with E-state index in [4.69, 9.17) is 5.73 Å². The fourth-order valence-corrected chi connectivity index (χ4v) is 4.21. The highest BCUT2D eigenvalue weighted by atomic mass is 16.2. The molecule has 4 rings (SSSR count). The predicted octanol–water partition coefficient (Wildman–Crippen LogP) is 3.72. The van der Waals surface area contributed by atoms with Gasteiger partial charge in [-0.3, -0.25) is 9.59 Å². The molecule has 9 nitrogen and oxygen atoms in total. The molecule has 0 aliphatic carbocycles. The maximum absolute atomic E-state index is 12.9. The van der Waals surface area contributed by atoms with Crippen LogP contribution in [0.2, 0.25) is 0 Å². The highest BCUT2D eigenvalue weighted by Gasteiger charge is 2.26. The van der Waals surface area contributed by atoms with Crippen LogP contribution < -0.4 is 21.3 Å². The van der Waals surface area contributed by atoms with Crippen LogP contribution in [0.1, 0.15) is 65.6 Å². The average Bonchev–Trinajstić information content (AvgIpc) is 2.85. The number of carbonyl (C=O) groups excluding carboxylic acids is 2. The number of hydrogen-bond acceptors (Lipinski definition) is 7. The van der Waals surface area contributed by atoms with E-state index in [1.165, 1.54) is 5.56 Å². The van der Waals surface area contributed by atoms with E-state index in [0.29, 0.717) is 24.6 Å². The maximum atomic E-state index is 12.9. The molecule has 4 N–H and O–H groups in total. The molecule has 36 heavy (non-hydrogen) atoms. The van der Waals surface area contributed by atoms with Crippen LogP contribution in [-0.2, 0) is 5.41 Å². The molecule has 0 saturated carbocycles. The molecule has 188 valence electrons. The fourth-order valence-electron chi connectivity index (χ4n) is 4.21. The Balaban J connectivity index is 1.48. The highest BCUT2D eigenvalue weighted by Crippen LogP contribution is 2.24. The minimum Gasteiger partial charge on any atom is -0.364 e. The Morgan fingerprint density at radius 3 is 2.44 bits per heavy atom. The molecule has 1 saturated heterocycles. The number of nitrogens with one attached hydrogen (secondary N) is 2. The van der Waals surface area contributed by atoms with Gasteiger partial charge in [0.1, 0.15) is 0 Å². The monoisotopic (exact) mass is 487 g/mol. The Kier molecular flexibility index (Phi) is 7.19. The van der Waals surface area contributed by atoms with E-state index in [0.717, 1.165) is 24.1 Å². The molecule has 0 radical (unpaired) electrons. The van der Waals surface area contributed by atoms with Gasteiger partial charge in [0.05, 0.1) is 0 Å². The number of amides is 2. The van der Waals surface area contributed by atoms with Crippen molar-refractivity contribution in [3.63, 3.8) is 0 Å². The molecule has 2 heterocycles. The first-order chi connectivity index (χ1) is 17.1. The normalized spacial score (nSPS) is 15.9. The number of nitrogens with two attached hydrogens (primary N) is 1. The largest absolute Gasteiger partial charge is 0.364 e. The Labute approximate surface area is 211 Å². The van der Waals surface area contributed by atoms with Crippen molar-refractivity contribution in [2.45, 2.75) is 52.0 Å². The van der Waals surface area contributed by atoms with Crippen LogP contribution in [0.3, 0.4) is 0 Å². The molecule has 1 fully saturated rings. The summed E-state index contributed by atoms with van der Waals surface area (Å²) in [5.41, 5.74) is 9.13. The SMILES string of the molecule is Cc1ccccc1Nc1nc(N2CCC[C@@H](NC(=O)c3ccc(C(C)(C)C)cc3)C2)nnc1C(N)=O. The summed E-state index contributed by atoms with van der Waals surface area (Å²) < 4.78 is 0. The third kappa shape index (κ3) is 5.79. The lowest BCUT2D eigenvalue weighted by molar-refractivity contribution is 0.0931. The van der Waals surface area contributed by atoms with Gasteiger partial charge in [-0.25, -0.2) is 0 Å². The lowest BCUT2D eigenvalue weighted by Gasteiger charge is -2.33. The van der Waals surface area contributed by atoms with E-state index in [9.17, 15) is 9.59 Å². The van der Waals surface area contributed by atoms with Gasteiger partial charge in [0.2, 0.25) is 5.95 Å². The first kappa shape index (κ1) is 25.1. The molecule has 2 aromatic carbocycles. The van der Waals surface area contributed by atoms with E-state index in [1.807, 2.05) is 60.4 Å². The van der Waals surface area contributed by atoms with Gasteiger partial charge in [-0.15, -0.1) is 10.2 Å². The molecule has 1 aromatic heterocycles. The molecule has 1 atom stereocenters. The molecule has 1 aliphatic heterocycles. The van der Waals surface area contributed by atoms with Gasteiger partial charge in [0.25, 0.3) is 11.8 Å². The second kappa shape index (κ2) is 10.3. The van der Waals surface area contributed by atoms with E-state index in [2.05, 4.69) is 46.6 Å². The minimum atomic E-state index is -0.709. The number of anilines is 3. The summed E-state index contributed by atoms with van der Waals surface area (Å²) in [6, 6.07) is 15.4. The van der Waals surface area contributed by atoms with Crippen molar-refractivity contribution in [3.05, 3.63) is 70.9 Å². The number of carbonyl (C=O) groups is 2. The van der Waals surface area contributed by atoms with Crippen LogP contribution in [0.25, 0.3) is 0 Å². The van der Waals surface area contributed by atoms with Gasteiger partial charge in [-0.05, 0) is 54.5 Å². The van der Waals surface area contributed by atoms with Crippen LogP contribution in [0, 0.1) is 6.92 Å². The fraction of sp³-hybridized carbons (Fsp3) is 0.370. The molecular formula is C27H33N7O2. The summed E-state index contributed by atoms with van der Waals surface area (Å²) >= 11 is 0. The number of primary amides is 1. The number of nitrogens with zero attached hydrogens (tertiary/aromatic N) is 4. The smallest absolute Gasteiger partial charge is 0.273 e. The molecule has 9 heteroatoms. The Morgan fingerprint density at radius 2 is 1.78 bits per heavy atom. The Hall–Kier alpha value is -4.01. The van der Waals surface area contributed by atoms with E-state index >= 15 is 0 Å². The van der Waals surface area contributed by atoms with Gasteiger partial charge in [-0.1, -0.05) is 51.1 Å². The third-order valence-electron chi connectivity index (χ3n) is 6.36. The molecule has 0 spiro atoms. The van der Waals surface area contributed by atoms with Crippen molar-refractivity contribution in [1.82, 2.24) is 20.5 Å². The molecule has 1 aliphatic rings. The zero-order chi connectivity index (χ0) is 25.9. The highest BCUT2D eigenvalue weighted by molar-refractivity contribution is 5.96. The summed E-state index contributed by atoms with van der Waals surface area (Å²) in [6.45, 7) is 9.65. The standard InChI is InChI=1S/C27H33N7O2/c1-17-8-5-6-10-21(17)30-24-22(23(28)35)32-33-26(31-24)34-15-7-9-20(16-34)29-25(36)18-11-13-19(14-12-18)27(2,3)4/h5-6,8,10-14,20H,7,9,15-16H2,1-4H3,(H2,28,35)(H,29,36)(H,30,31,33)/t20-/m1/s1. The van der Waals surface area contributed by atoms with Gasteiger partial charge >= 0.3 is 0 Å². The molecular weight excluding hydrogens is 454 g/mol. The van der Waals surface area contributed by atoms with Crippen molar-refractivity contribution in [2.24, 2.45) is 5.73 Å². The zero-order valence-corrected chi connectivity index (χ0v) is 21.2. The number of rotatable bonds is 6. The van der Waals surface area contributed by atoms with E-state index < -0.39 is 5.91 Å². The van der Waals surface area contributed by atoms with Crippen molar-refractivity contribution in [3.8, 4) is 0 Å². The first-order valence-corrected chi connectivity index (χ1v) is 12.2. The van der Waals surface area contributed by atoms with Crippen LogP contribution in [0.4, 0.5) is 17.5 Å². The number of piperidine rings is 1. The lowest BCUT2D eigenvalue weighted by atomic mass is 9.86. The Bertz CT molecular complexity index is 1250. The maximum Gasteiger partial charge on any atom is 0.273 e. The second-order valence-electron chi connectivity index (χ2n) is 10.2. The van der Waals surface area contributed by atoms with Crippen LogP contribution in [0.5, 0.6) is 0 Å². The number of aryl methyl sites for hydroxylation is 1. The number of aromatic nitrogens is 3. The summed E-state index contributed by atoms with van der Waals surface area (Å²) in [4.78, 5) is 31.4. The van der Waals surface area contributed by atoms with Crippen molar-refractivity contribution >= 4 is 29.3 Å². The van der Waals surface area contributed by atoms with Crippen molar-refractivity contribution < 1.29 is 9.59 Å². The summed E-state index contributed by atoms with van der Waals surface area (Å²) in [6.07, 6.45) is 1.71. The Morgan fingerprint density at radius 1 is 1.06 bits per heavy atom.